The van der Waals surface area contributed by atoms with Crippen LogP contribution in [0.5, 0.6) is 0 Å². The third-order valence-electron chi connectivity index (χ3n) is 4.85. The Bertz CT molecular complexity index is 354. The van der Waals surface area contributed by atoms with Crippen LogP contribution < -0.4 is 0 Å². The maximum Gasteiger partial charge on any atom is 0.306 e. The molecule has 0 bridgehead atoms. The fourth-order valence-electron chi connectivity index (χ4n) is 2.94. The van der Waals surface area contributed by atoms with Crippen molar-refractivity contribution in [1.82, 2.24) is 0 Å². The molecule has 0 heterocycles. The molecule has 0 aromatic carbocycles. The van der Waals surface area contributed by atoms with Crippen LogP contribution in [0.2, 0.25) is 0 Å². The van der Waals surface area contributed by atoms with E-state index in [1.807, 2.05) is 6.92 Å². The molecule has 2 unspecified atom stereocenters. The second kappa shape index (κ2) is 17.4. The molecule has 0 aliphatic carbocycles. The summed E-state index contributed by atoms with van der Waals surface area (Å²) in [5.74, 6) is -0.151. The van der Waals surface area contributed by atoms with Gasteiger partial charge in [-0.25, -0.2) is 0 Å². The quantitative estimate of drug-likeness (QED) is 0.226. The van der Waals surface area contributed by atoms with E-state index >= 15 is 0 Å². The van der Waals surface area contributed by atoms with Crippen LogP contribution in [0.4, 0.5) is 0 Å². The molecule has 0 aliphatic heterocycles. The number of hydrogen-bond acceptors (Lipinski definition) is 4. The lowest BCUT2D eigenvalue weighted by molar-refractivity contribution is -0.153. The zero-order valence-electron chi connectivity index (χ0n) is 17.7. The zero-order chi connectivity index (χ0) is 19.6. The summed E-state index contributed by atoms with van der Waals surface area (Å²) >= 11 is 0. The first-order valence-electron chi connectivity index (χ1n) is 10.9. The van der Waals surface area contributed by atoms with Gasteiger partial charge in [0.05, 0.1) is 25.6 Å². The van der Waals surface area contributed by atoms with Gasteiger partial charge >= 0.3 is 11.9 Å². The zero-order valence-corrected chi connectivity index (χ0v) is 17.7. The van der Waals surface area contributed by atoms with E-state index < -0.39 is 0 Å². The lowest BCUT2D eigenvalue weighted by Crippen LogP contribution is -2.18. The Morgan fingerprint density at radius 2 is 1.38 bits per heavy atom. The SMILES string of the molecule is CCCCCCCCC(C)OC(=O)CCC(=O)OCC(CC)CCCC. The number of hydrogen-bond donors (Lipinski definition) is 0. The van der Waals surface area contributed by atoms with Crippen LogP contribution in [0.25, 0.3) is 0 Å². The number of carbonyl (C=O) groups excluding carboxylic acids is 2. The van der Waals surface area contributed by atoms with Crippen LogP contribution in [0.3, 0.4) is 0 Å². The van der Waals surface area contributed by atoms with Gasteiger partial charge in [-0.15, -0.1) is 0 Å². The molecule has 0 aromatic heterocycles. The summed E-state index contributed by atoms with van der Waals surface area (Å²) in [6.45, 7) is 8.90. The minimum absolute atomic E-state index is 0.0665. The van der Waals surface area contributed by atoms with E-state index in [2.05, 4.69) is 20.8 Å². The second-order valence-corrected chi connectivity index (χ2v) is 7.46. The van der Waals surface area contributed by atoms with Crippen molar-refractivity contribution in [3.8, 4) is 0 Å². The van der Waals surface area contributed by atoms with E-state index in [1.165, 1.54) is 38.5 Å². The van der Waals surface area contributed by atoms with Gasteiger partial charge in [0.1, 0.15) is 0 Å². The first kappa shape index (κ1) is 24.9. The van der Waals surface area contributed by atoms with Crippen LogP contribution in [0.15, 0.2) is 0 Å². The Hall–Kier alpha value is -1.06. The van der Waals surface area contributed by atoms with Gasteiger partial charge in [0.15, 0.2) is 0 Å². The molecule has 0 saturated heterocycles. The minimum Gasteiger partial charge on any atom is -0.465 e. The van der Waals surface area contributed by atoms with Crippen LogP contribution in [0.1, 0.15) is 111 Å². The highest BCUT2D eigenvalue weighted by molar-refractivity contribution is 5.77. The third kappa shape index (κ3) is 15.2. The van der Waals surface area contributed by atoms with E-state index in [-0.39, 0.29) is 30.9 Å². The van der Waals surface area contributed by atoms with Crippen LogP contribution >= 0.6 is 0 Å². The molecule has 2 atom stereocenters. The van der Waals surface area contributed by atoms with Gasteiger partial charge in [-0.3, -0.25) is 9.59 Å². The molecule has 0 aromatic rings. The smallest absolute Gasteiger partial charge is 0.306 e. The lowest BCUT2D eigenvalue weighted by atomic mass is 10.0. The Labute approximate surface area is 161 Å². The predicted octanol–water partition coefficient (Wildman–Crippen LogP) is 6.21. The maximum atomic E-state index is 11.8. The van der Waals surface area contributed by atoms with Crippen molar-refractivity contribution >= 4 is 11.9 Å². The monoisotopic (exact) mass is 370 g/mol. The largest absolute Gasteiger partial charge is 0.465 e. The van der Waals surface area contributed by atoms with Crippen molar-refractivity contribution in [2.24, 2.45) is 5.92 Å². The summed E-state index contributed by atoms with van der Waals surface area (Å²) in [5, 5.41) is 0. The number of ether oxygens (including phenoxy) is 2. The first-order chi connectivity index (χ1) is 12.5. The molecule has 0 spiro atoms. The first-order valence-corrected chi connectivity index (χ1v) is 10.9. The Balaban J connectivity index is 3.74. The molecule has 0 amide bonds. The fourth-order valence-corrected chi connectivity index (χ4v) is 2.94. The topological polar surface area (TPSA) is 52.6 Å². The fraction of sp³-hybridized carbons (Fsp3) is 0.909. The Morgan fingerprint density at radius 1 is 0.769 bits per heavy atom. The molecule has 0 radical (unpaired) electrons. The van der Waals surface area contributed by atoms with Gasteiger partial charge in [0, 0.05) is 0 Å². The van der Waals surface area contributed by atoms with Crippen LogP contribution in [0, 0.1) is 5.92 Å². The predicted molar refractivity (Wildman–Crippen MR) is 107 cm³/mol. The van der Waals surface area contributed by atoms with Crippen molar-refractivity contribution < 1.29 is 19.1 Å². The molecule has 0 fully saturated rings. The van der Waals surface area contributed by atoms with Crippen molar-refractivity contribution in [3.63, 3.8) is 0 Å². The minimum atomic E-state index is -0.293. The van der Waals surface area contributed by atoms with E-state index in [9.17, 15) is 9.59 Å². The maximum absolute atomic E-state index is 11.8. The standard InChI is InChI=1S/C22H42O4/c1-5-8-10-11-12-13-14-19(4)26-22(24)17-16-21(23)25-18-20(7-3)15-9-6-2/h19-20H,5-18H2,1-4H3. The number of unbranched alkanes of at least 4 members (excludes halogenated alkanes) is 6. The normalized spacial score (nSPS) is 13.2. The summed E-state index contributed by atoms with van der Waals surface area (Å²) in [5.41, 5.74) is 0. The third-order valence-corrected chi connectivity index (χ3v) is 4.85. The van der Waals surface area contributed by atoms with Gasteiger partial charge in [-0.2, -0.15) is 0 Å². The lowest BCUT2D eigenvalue weighted by Gasteiger charge is -2.15. The highest BCUT2D eigenvalue weighted by Gasteiger charge is 2.14. The van der Waals surface area contributed by atoms with Crippen LogP contribution in [-0.4, -0.2) is 24.6 Å². The van der Waals surface area contributed by atoms with E-state index in [0.717, 1.165) is 32.1 Å². The molecule has 26 heavy (non-hydrogen) atoms. The van der Waals surface area contributed by atoms with E-state index in [4.69, 9.17) is 9.47 Å². The highest BCUT2D eigenvalue weighted by Crippen LogP contribution is 2.14. The highest BCUT2D eigenvalue weighted by atomic mass is 16.5. The van der Waals surface area contributed by atoms with Gasteiger partial charge in [-0.1, -0.05) is 72.1 Å². The second-order valence-electron chi connectivity index (χ2n) is 7.46. The number of esters is 2. The molecule has 4 heteroatoms. The summed E-state index contributed by atoms with van der Waals surface area (Å²) in [6.07, 6.45) is 12.9. The Kier molecular flexibility index (Phi) is 16.7. The number of rotatable bonds is 17. The van der Waals surface area contributed by atoms with Crippen LogP contribution in [-0.2, 0) is 19.1 Å². The van der Waals surface area contributed by atoms with Gasteiger partial charge in [0.25, 0.3) is 0 Å². The van der Waals surface area contributed by atoms with Gasteiger partial charge < -0.3 is 9.47 Å². The molecule has 0 aliphatic rings. The summed E-state index contributed by atoms with van der Waals surface area (Å²) in [7, 11) is 0. The molecule has 0 rings (SSSR count). The molecule has 0 saturated carbocycles. The Morgan fingerprint density at radius 3 is 2.04 bits per heavy atom. The molecule has 0 N–H and O–H groups in total. The number of carbonyl (C=O) groups is 2. The van der Waals surface area contributed by atoms with Gasteiger partial charge in [-0.05, 0) is 32.1 Å². The van der Waals surface area contributed by atoms with E-state index in [0.29, 0.717) is 12.5 Å². The van der Waals surface area contributed by atoms with Crippen molar-refractivity contribution in [1.29, 1.82) is 0 Å². The molecule has 154 valence electrons. The van der Waals surface area contributed by atoms with Crippen molar-refractivity contribution in [2.75, 3.05) is 6.61 Å². The molecular formula is C22H42O4. The summed E-state index contributed by atoms with van der Waals surface area (Å²) in [4.78, 5) is 23.6. The average molecular weight is 371 g/mol. The van der Waals surface area contributed by atoms with Crippen molar-refractivity contribution in [3.05, 3.63) is 0 Å². The summed E-state index contributed by atoms with van der Waals surface area (Å²) in [6, 6.07) is 0. The van der Waals surface area contributed by atoms with Crippen molar-refractivity contribution in [2.45, 2.75) is 117 Å². The van der Waals surface area contributed by atoms with Gasteiger partial charge in [0.2, 0.25) is 0 Å². The molecular weight excluding hydrogens is 328 g/mol. The summed E-state index contributed by atoms with van der Waals surface area (Å²) < 4.78 is 10.7. The average Bonchev–Trinajstić information content (AvgIpc) is 2.63. The molecule has 4 nitrogen and oxygen atoms in total. The van der Waals surface area contributed by atoms with E-state index in [1.54, 1.807) is 0 Å².